The molecule has 1 aliphatic rings. The normalized spacial score (nSPS) is 21.8. The van der Waals surface area contributed by atoms with Gasteiger partial charge in [0.05, 0.1) is 11.6 Å². The smallest absolute Gasteiger partial charge is 0.310 e. The van der Waals surface area contributed by atoms with E-state index in [0.29, 0.717) is 13.0 Å². The molecule has 1 aliphatic carbocycles. The fourth-order valence-electron chi connectivity index (χ4n) is 3.35. The molecule has 0 aliphatic heterocycles. The summed E-state index contributed by atoms with van der Waals surface area (Å²) in [5.74, 6) is -1.18. The minimum Gasteiger partial charge on any atom is -0.310 e. The van der Waals surface area contributed by atoms with E-state index in [-0.39, 0.29) is 18.9 Å². The summed E-state index contributed by atoms with van der Waals surface area (Å²) in [4.78, 5) is 4.00. The lowest BCUT2D eigenvalue weighted by atomic mass is 9.85. The molecule has 4 nitrogen and oxygen atoms in total. The van der Waals surface area contributed by atoms with Crippen molar-refractivity contribution in [1.29, 1.82) is 0 Å². The first-order valence-corrected chi connectivity index (χ1v) is 8.16. The van der Waals surface area contributed by atoms with Crippen LogP contribution in [0.5, 0.6) is 0 Å². The predicted molar refractivity (Wildman–Crippen MR) is 85.1 cm³/mol. The van der Waals surface area contributed by atoms with Gasteiger partial charge in [-0.1, -0.05) is 6.42 Å². The molecule has 0 amide bonds. The van der Waals surface area contributed by atoms with E-state index in [0.717, 1.165) is 23.2 Å². The monoisotopic (exact) mass is 338 g/mol. The lowest BCUT2D eigenvalue weighted by molar-refractivity contribution is -0.183. The Hall–Kier alpha value is -1.89. The second-order valence-electron chi connectivity index (χ2n) is 6.40. The molecule has 0 radical (unpaired) electrons. The van der Waals surface area contributed by atoms with Crippen LogP contribution in [-0.2, 0) is 13.6 Å². The van der Waals surface area contributed by atoms with Gasteiger partial charge in [0.15, 0.2) is 0 Å². The molecule has 0 saturated heterocycles. The Morgan fingerprint density at radius 3 is 2.71 bits per heavy atom. The van der Waals surface area contributed by atoms with Gasteiger partial charge in [-0.15, -0.1) is 0 Å². The maximum Gasteiger partial charge on any atom is 0.391 e. The van der Waals surface area contributed by atoms with Crippen molar-refractivity contribution in [2.24, 2.45) is 13.0 Å². The van der Waals surface area contributed by atoms with Crippen molar-refractivity contribution >= 4 is 0 Å². The first-order chi connectivity index (χ1) is 11.4. The lowest BCUT2D eigenvalue weighted by Gasteiger charge is -2.31. The van der Waals surface area contributed by atoms with Crippen LogP contribution in [0.4, 0.5) is 13.2 Å². The fraction of sp³-hybridized carbons (Fsp3) is 0.529. The number of hydrogen-bond donors (Lipinski definition) is 1. The van der Waals surface area contributed by atoms with Crippen LogP contribution in [-0.4, -0.2) is 27.0 Å². The summed E-state index contributed by atoms with van der Waals surface area (Å²) >= 11 is 0. The molecule has 2 aromatic rings. The SMILES string of the molecule is Cn1cc(CNC2CCCC(C(F)(F)F)C2)c(-c2ccncc2)n1. The predicted octanol–water partition coefficient (Wildman–Crippen LogP) is 3.69. The average Bonchev–Trinajstić information content (AvgIpc) is 2.94. The quantitative estimate of drug-likeness (QED) is 0.924. The summed E-state index contributed by atoms with van der Waals surface area (Å²) in [5, 5.41) is 7.76. The van der Waals surface area contributed by atoms with Gasteiger partial charge in [-0.05, 0) is 31.4 Å². The van der Waals surface area contributed by atoms with Crippen molar-refractivity contribution < 1.29 is 13.2 Å². The Kier molecular flexibility index (Phi) is 4.89. The first kappa shape index (κ1) is 17.0. The summed E-state index contributed by atoms with van der Waals surface area (Å²) in [6.07, 6.45) is 3.05. The maximum absolute atomic E-state index is 12.9. The van der Waals surface area contributed by atoms with Gasteiger partial charge in [0, 0.05) is 49.4 Å². The number of nitrogens with one attached hydrogen (secondary N) is 1. The first-order valence-electron chi connectivity index (χ1n) is 8.16. The zero-order valence-electron chi connectivity index (χ0n) is 13.6. The Morgan fingerprint density at radius 2 is 2.00 bits per heavy atom. The number of pyridine rings is 1. The number of rotatable bonds is 4. The summed E-state index contributed by atoms with van der Waals surface area (Å²) in [6.45, 7) is 0.515. The van der Waals surface area contributed by atoms with Crippen molar-refractivity contribution in [2.75, 3.05) is 0 Å². The van der Waals surface area contributed by atoms with E-state index in [4.69, 9.17) is 0 Å². The average molecular weight is 338 g/mol. The molecule has 1 saturated carbocycles. The Morgan fingerprint density at radius 1 is 1.25 bits per heavy atom. The molecule has 1 fully saturated rings. The van der Waals surface area contributed by atoms with Crippen LogP contribution in [0.1, 0.15) is 31.2 Å². The molecule has 2 heterocycles. The maximum atomic E-state index is 12.9. The molecule has 0 aromatic carbocycles. The molecule has 2 unspecified atom stereocenters. The molecule has 24 heavy (non-hydrogen) atoms. The van der Waals surface area contributed by atoms with Crippen LogP contribution in [0.3, 0.4) is 0 Å². The fourth-order valence-corrected chi connectivity index (χ4v) is 3.35. The van der Waals surface area contributed by atoms with Gasteiger partial charge in [-0.3, -0.25) is 9.67 Å². The van der Waals surface area contributed by atoms with Crippen molar-refractivity contribution in [3.8, 4) is 11.3 Å². The third kappa shape index (κ3) is 3.95. The Balaban J connectivity index is 1.67. The highest BCUT2D eigenvalue weighted by atomic mass is 19.4. The van der Waals surface area contributed by atoms with Crippen molar-refractivity contribution in [3.05, 3.63) is 36.3 Å². The van der Waals surface area contributed by atoms with Crippen molar-refractivity contribution in [1.82, 2.24) is 20.1 Å². The number of alkyl halides is 3. The number of aryl methyl sites for hydroxylation is 1. The number of hydrogen-bond acceptors (Lipinski definition) is 3. The van der Waals surface area contributed by atoms with Gasteiger partial charge < -0.3 is 5.32 Å². The number of halogens is 3. The van der Waals surface area contributed by atoms with Crippen LogP contribution in [0.15, 0.2) is 30.7 Å². The van der Waals surface area contributed by atoms with Gasteiger partial charge in [-0.25, -0.2) is 0 Å². The van der Waals surface area contributed by atoms with E-state index in [1.807, 2.05) is 25.4 Å². The van der Waals surface area contributed by atoms with E-state index < -0.39 is 12.1 Å². The van der Waals surface area contributed by atoms with Gasteiger partial charge >= 0.3 is 6.18 Å². The second kappa shape index (κ2) is 6.93. The summed E-state index contributed by atoms with van der Waals surface area (Å²) in [5.41, 5.74) is 2.78. The molecule has 130 valence electrons. The van der Waals surface area contributed by atoms with Crippen LogP contribution in [0.25, 0.3) is 11.3 Å². The van der Waals surface area contributed by atoms with E-state index in [9.17, 15) is 13.2 Å². The Bertz CT molecular complexity index is 666. The van der Waals surface area contributed by atoms with E-state index in [1.165, 1.54) is 0 Å². The third-order valence-electron chi connectivity index (χ3n) is 4.58. The van der Waals surface area contributed by atoms with E-state index in [1.54, 1.807) is 17.1 Å². The van der Waals surface area contributed by atoms with Gasteiger partial charge in [0.2, 0.25) is 0 Å². The van der Waals surface area contributed by atoms with E-state index in [2.05, 4.69) is 15.4 Å². The largest absolute Gasteiger partial charge is 0.391 e. The highest BCUT2D eigenvalue weighted by Gasteiger charge is 2.42. The minimum atomic E-state index is -4.09. The van der Waals surface area contributed by atoms with Gasteiger partial charge in [-0.2, -0.15) is 18.3 Å². The molecule has 7 heteroatoms. The van der Waals surface area contributed by atoms with Crippen LogP contribution in [0, 0.1) is 5.92 Å². The zero-order valence-corrected chi connectivity index (χ0v) is 13.6. The summed E-state index contributed by atoms with van der Waals surface area (Å²) < 4.78 is 40.5. The van der Waals surface area contributed by atoms with Crippen molar-refractivity contribution in [3.63, 3.8) is 0 Å². The molecule has 2 atom stereocenters. The number of aromatic nitrogens is 3. The second-order valence-corrected chi connectivity index (χ2v) is 6.40. The summed E-state index contributed by atoms with van der Waals surface area (Å²) in [7, 11) is 1.84. The third-order valence-corrected chi connectivity index (χ3v) is 4.58. The Labute approximate surface area is 139 Å². The molecule has 2 aromatic heterocycles. The van der Waals surface area contributed by atoms with E-state index >= 15 is 0 Å². The topological polar surface area (TPSA) is 42.7 Å². The highest BCUT2D eigenvalue weighted by Crippen LogP contribution is 2.37. The summed E-state index contributed by atoms with van der Waals surface area (Å²) in [6, 6.07) is 3.66. The molecule has 3 rings (SSSR count). The van der Waals surface area contributed by atoms with Crippen LogP contribution in [0.2, 0.25) is 0 Å². The molecule has 0 bridgehead atoms. The highest BCUT2D eigenvalue weighted by molar-refractivity contribution is 5.61. The van der Waals surface area contributed by atoms with Gasteiger partial charge in [0.25, 0.3) is 0 Å². The molecule has 1 N–H and O–H groups in total. The minimum absolute atomic E-state index is 0.101. The van der Waals surface area contributed by atoms with Crippen molar-refractivity contribution in [2.45, 2.75) is 44.4 Å². The lowest BCUT2D eigenvalue weighted by Crippen LogP contribution is -2.38. The standard InChI is InChI=1S/C17H21F3N4/c1-24-11-13(16(23-24)12-5-7-21-8-6-12)10-22-15-4-2-3-14(9-15)17(18,19)20/h5-8,11,14-15,22H,2-4,9-10H2,1H3. The van der Waals surface area contributed by atoms with Crippen LogP contribution >= 0.6 is 0 Å². The van der Waals surface area contributed by atoms with Crippen LogP contribution < -0.4 is 5.32 Å². The molecule has 0 spiro atoms. The zero-order chi connectivity index (χ0) is 17.2. The number of nitrogens with zero attached hydrogens (tertiary/aromatic N) is 3. The molecular weight excluding hydrogens is 317 g/mol. The van der Waals surface area contributed by atoms with Gasteiger partial charge in [0.1, 0.15) is 0 Å². The molecular formula is C17H21F3N4.